The molecule has 0 radical (unpaired) electrons. The van der Waals surface area contributed by atoms with Gasteiger partial charge in [0.25, 0.3) is 0 Å². The molecule has 1 amide bonds. The van der Waals surface area contributed by atoms with Gasteiger partial charge in [-0.2, -0.15) is 0 Å². The van der Waals surface area contributed by atoms with Crippen molar-refractivity contribution in [3.05, 3.63) is 0 Å². The molecule has 1 atom stereocenters. The zero-order valence-electron chi connectivity index (χ0n) is 11.1. The van der Waals surface area contributed by atoms with Crippen molar-refractivity contribution in [1.29, 1.82) is 0 Å². The molecule has 0 aromatic carbocycles. The van der Waals surface area contributed by atoms with Gasteiger partial charge < -0.3 is 10.2 Å². The maximum atomic E-state index is 11.9. The average Bonchev–Trinajstić information content (AvgIpc) is 2.68. The molecule has 0 aliphatic carbocycles. The number of nitrogens with one attached hydrogen (secondary N) is 1. The molecule has 17 heavy (non-hydrogen) atoms. The quantitative estimate of drug-likeness (QED) is 0.784. The highest BCUT2D eigenvalue weighted by Gasteiger charge is 2.35. The summed E-state index contributed by atoms with van der Waals surface area (Å²) in [6, 6.07) is 0.840. The maximum absolute atomic E-state index is 11.9. The first-order valence-electron chi connectivity index (χ1n) is 6.94. The molecule has 4 nitrogen and oxygen atoms in total. The van der Waals surface area contributed by atoms with Crippen molar-refractivity contribution in [2.45, 2.75) is 44.7 Å². The van der Waals surface area contributed by atoms with Gasteiger partial charge in [-0.3, -0.25) is 9.69 Å². The zero-order valence-corrected chi connectivity index (χ0v) is 11.1. The van der Waals surface area contributed by atoms with Crippen molar-refractivity contribution < 1.29 is 4.79 Å². The second-order valence-corrected chi connectivity index (χ2v) is 5.33. The van der Waals surface area contributed by atoms with Crippen LogP contribution in [0.3, 0.4) is 0 Å². The second kappa shape index (κ2) is 5.83. The number of rotatable bonds is 4. The predicted molar refractivity (Wildman–Crippen MR) is 68.9 cm³/mol. The van der Waals surface area contributed by atoms with E-state index in [0.717, 1.165) is 32.6 Å². The van der Waals surface area contributed by atoms with Gasteiger partial charge in [-0.05, 0) is 32.2 Å². The molecule has 2 heterocycles. The summed E-state index contributed by atoms with van der Waals surface area (Å²) in [7, 11) is 1.91. The van der Waals surface area contributed by atoms with Crippen LogP contribution in [0.25, 0.3) is 0 Å². The van der Waals surface area contributed by atoms with E-state index < -0.39 is 0 Å². The summed E-state index contributed by atoms with van der Waals surface area (Å²) in [6.07, 6.45) is 4.59. The largest absolute Gasteiger partial charge is 0.344 e. The lowest BCUT2D eigenvalue weighted by Gasteiger charge is -2.35. The number of amides is 1. The molecule has 0 saturated carbocycles. The molecule has 0 bridgehead atoms. The van der Waals surface area contributed by atoms with Crippen molar-refractivity contribution >= 4 is 5.91 Å². The molecule has 0 spiro atoms. The van der Waals surface area contributed by atoms with Crippen molar-refractivity contribution in [3.63, 3.8) is 0 Å². The van der Waals surface area contributed by atoms with Gasteiger partial charge in [-0.15, -0.1) is 0 Å². The molecule has 98 valence electrons. The summed E-state index contributed by atoms with van der Waals surface area (Å²) >= 11 is 0. The molecule has 2 saturated heterocycles. The molecule has 1 unspecified atom stereocenters. The Balaban J connectivity index is 1.77. The molecule has 2 fully saturated rings. The Kier molecular flexibility index (Phi) is 4.40. The number of hydrogen-bond donors (Lipinski definition) is 1. The van der Waals surface area contributed by atoms with Gasteiger partial charge in [0, 0.05) is 32.7 Å². The Morgan fingerprint density at radius 3 is 2.47 bits per heavy atom. The van der Waals surface area contributed by atoms with Crippen LogP contribution in [0.2, 0.25) is 0 Å². The van der Waals surface area contributed by atoms with E-state index in [-0.39, 0.29) is 6.04 Å². The fraction of sp³-hybridized carbons (Fsp3) is 0.923. The van der Waals surface area contributed by atoms with Gasteiger partial charge in [0.1, 0.15) is 0 Å². The fourth-order valence-electron chi connectivity index (χ4n) is 2.91. The molecule has 0 aromatic heterocycles. The Morgan fingerprint density at radius 1 is 1.24 bits per heavy atom. The third-order valence-corrected chi connectivity index (χ3v) is 4.05. The standard InChI is InChI=1S/C13H25N3O/c1-3-7-14-11-4-9-16(10-5-11)12-6-8-15(2)13(12)17/h11-12,14H,3-10H2,1-2H3. The number of likely N-dealkylation sites (tertiary alicyclic amines) is 2. The van der Waals surface area contributed by atoms with E-state index in [1.165, 1.54) is 19.3 Å². The van der Waals surface area contributed by atoms with Crippen LogP contribution >= 0.6 is 0 Å². The van der Waals surface area contributed by atoms with Gasteiger partial charge >= 0.3 is 0 Å². The van der Waals surface area contributed by atoms with Gasteiger partial charge in [0.15, 0.2) is 0 Å². The lowest BCUT2D eigenvalue weighted by Crippen LogP contribution is -2.49. The minimum atomic E-state index is 0.173. The topological polar surface area (TPSA) is 35.6 Å². The smallest absolute Gasteiger partial charge is 0.239 e. The van der Waals surface area contributed by atoms with Crippen LogP contribution in [-0.4, -0.2) is 61.0 Å². The van der Waals surface area contributed by atoms with Crippen LogP contribution < -0.4 is 5.32 Å². The number of hydrogen-bond acceptors (Lipinski definition) is 3. The van der Waals surface area contributed by atoms with Crippen LogP contribution in [0, 0.1) is 0 Å². The molecule has 2 aliphatic heterocycles. The molecule has 4 heteroatoms. The van der Waals surface area contributed by atoms with E-state index >= 15 is 0 Å². The van der Waals surface area contributed by atoms with Crippen LogP contribution in [0.15, 0.2) is 0 Å². The number of piperidine rings is 1. The first-order valence-corrected chi connectivity index (χ1v) is 6.94. The highest BCUT2D eigenvalue weighted by atomic mass is 16.2. The molecule has 2 rings (SSSR count). The summed E-state index contributed by atoms with van der Waals surface area (Å²) in [5, 5.41) is 3.58. The molecule has 1 N–H and O–H groups in total. The lowest BCUT2D eigenvalue weighted by molar-refractivity contribution is -0.131. The summed E-state index contributed by atoms with van der Waals surface area (Å²) in [6.45, 7) is 6.40. The van der Waals surface area contributed by atoms with Crippen molar-refractivity contribution in [3.8, 4) is 0 Å². The monoisotopic (exact) mass is 239 g/mol. The summed E-state index contributed by atoms with van der Waals surface area (Å²) in [5.41, 5.74) is 0. The maximum Gasteiger partial charge on any atom is 0.239 e. The Bertz CT molecular complexity index is 261. The summed E-state index contributed by atoms with van der Waals surface area (Å²) in [5.74, 6) is 0.324. The van der Waals surface area contributed by atoms with Gasteiger partial charge in [-0.1, -0.05) is 6.92 Å². The Hall–Kier alpha value is -0.610. The first kappa shape index (κ1) is 12.8. The Labute approximate surface area is 104 Å². The van der Waals surface area contributed by atoms with Crippen molar-refractivity contribution in [2.24, 2.45) is 0 Å². The third kappa shape index (κ3) is 2.99. The normalized spacial score (nSPS) is 28.0. The number of nitrogens with zero attached hydrogens (tertiary/aromatic N) is 2. The summed E-state index contributed by atoms with van der Waals surface area (Å²) < 4.78 is 0. The van der Waals surface area contributed by atoms with Gasteiger partial charge in [-0.25, -0.2) is 0 Å². The molecule has 2 aliphatic rings. The average molecular weight is 239 g/mol. The molecular weight excluding hydrogens is 214 g/mol. The highest BCUT2D eigenvalue weighted by molar-refractivity contribution is 5.83. The number of carbonyl (C=O) groups is 1. The van der Waals surface area contributed by atoms with Crippen molar-refractivity contribution in [1.82, 2.24) is 15.1 Å². The minimum absolute atomic E-state index is 0.173. The Morgan fingerprint density at radius 2 is 1.94 bits per heavy atom. The van der Waals surface area contributed by atoms with E-state index in [9.17, 15) is 4.79 Å². The molecular formula is C13H25N3O. The van der Waals surface area contributed by atoms with E-state index in [4.69, 9.17) is 0 Å². The van der Waals surface area contributed by atoms with E-state index in [1.807, 2.05) is 11.9 Å². The third-order valence-electron chi connectivity index (χ3n) is 4.05. The summed E-state index contributed by atoms with van der Waals surface area (Å²) in [4.78, 5) is 16.2. The van der Waals surface area contributed by atoms with E-state index in [0.29, 0.717) is 11.9 Å². The molecule has 0 aromatic rings. The van der Waals surface area contributed by atoms with Gasteiger partial charge in [0.2, 0.25) is 5.91 Å². The SMILES string of the molecule is CCCNC1CCN(C2CCN(C)C2=O)CC1. The van der Waals surface area contributed by atoms with Crippen LogP contribution in [-0.2, 0) is 4.79 Å². The van der Waals surface area contributed by atoms with Crippen molar-refractivity contribution in [2.75, 3.05) is 33.2 Å². The van der Waals surface area contributed by atoms with E-state index in [1.54, 1.807) is 0 Å². The van der Waals surface area contributed by atoms with Gasteiger partial charge in [0.05, 0.1) is 6.04 Å². The van der Waals surface area contributed by atoms with Crippen LogP contribution in [0.1, 0.15) is 32.6 Å². The van der Waals surface area contributed by atoms with Crippen LogP contribution in [0.4, 0.5) is 0 Å². The van der Waals surface area contributed by atoms with Crippen LogP contribution in [0.5, 0.6) is 0 Å². The lowest BCUT2D eigenvalue weighted by atomic mass is 10.0. The van der Waals surface area contributed by atoms with E-state index in [2.05, 4.69) is 17.1 Å². The second-order valence-electron chi connectivity index (χ2n) is 5.33. The number of carbonyl (C=O) groups excluding carboxylic acids is 1. The number of likely N-dealkylation sites (N-methyl/N-ethyl adjacent to an activating group) is 1. The predicted octanol–water partition coefficient (Wildman–Crippen LogP) is 0.681. The minimum Gasteiger partial charge on any atom is -0.344 e. The zero-order chi connectivity index (χ0) is 12.3. The fourth-order valence-corrected chi connectivity index (χ4v) is 2.91. The first-order chi connectivity index (χ1) is 8.22. The highest BCUT2D eigenvalue weighted by Crippen LogP contribution is 2.20.